The molecule has 1 rings (SSSR count). The van der Waals surface area contributed by atoms with Gasteiger partial charge in [-0.05, 0) is 7.05 Å². The monoisotopic (exact) mass is 223 g/mol. The molecule has 0 fully saturated rings. The highest BCUT2D eigenvalue weighted by molar-refractivity contribution is 5.11. The van der Waals surface area contributed by atoms with Gasteiger partial charge in [-0.2, -0.15) is 18.3 Å². The van der Waals surface area contributed by atoms with E-state index >= 15 is 0 Å². The molecule has 0 aliphatic carbocycles. The minimum atomic E-state index is -4.31. The largest absolute Gasteiger partial charge is 0.481 e. The van der Waals surface area contributed by atoms with Crippen molar-refractivity contribution in [2.24, 2.45) is 0 Å². The highest BCUT2D eigenvalue weighted by atomic mass is 19.4. The van der Waals surface area contributed by atoms with E-state index in [0.717, 1.165) is 0 Å². The molecule has 7 heteroatoms. The van der Waals surface area contributed by atoms with Crippen LogP contribution in [-0.4, -0.2) is 36.2 Å². The van der Waals surface area contributed by atoms with Crippen LogP contribution >= 0.6 is 0 Å². The van der Waals surface area contributed by atoms with Crippen molar-refractivity contribution in [3.8, 4) is 5.75 Å². The number of halogens is 3. The molecule has 15 heavy (non-hydrogen) atoms. The molecule has 1 aromatic rings. The lowest BCUT2D eigenvalue weighted by Gasteiger charge is -2.06. The number of aromatic nitrogens is 2. The van der Waals surface area contributed by atoms with Gasteiger partial charge in [-0.3, -0.25) is 4.68 Å². The first-order valence-electron chi connectivity index (χ1n) is 4.38. The SMILES string of the molecule is CNCCn1cc(OCC(F)(F)F)cn1. The molecule has 0 aromatic carbocycles. The fraction of sp³-hybridized carbons (Fsp3) is 0.625. The molecule has 0 amide bonds. The van der Waals surface area contributed by atoms with Crippen molar-refractivity contribution < 1.29 is 17.9 Å². The first-order chi connectivity index (χ1) is 7.01. The highest BCUT2D eigenvalue weighted by Crippen LogP contribution is 2.17. The van der Waals surface area contributed by atoms with Crippen LogP contribution < -0.4 is 10.1 Å². The Morgan fingerprint density at radius 2 is 2.27 bits per heavy atom. The molecule has 4 nitrogen and oxygen atoms in total. The molecular weight excluding hydrogens is 211 g/mol. The summed E-state index contributed by atoms with van der Waals surface area (Å²) >= 11 is 0. The Hall–Kier alpha value is -1.24. The molecule has 0 bridgehead atoms. The van der Waals surface area contributed by atoms with Crippen molar-refractivity contribution in [2.75, 3.05) is 20.2 Å². The van der Waals surface area contributed by atoms with E-state index in [0.29, 0.717) is 13.1 Å². The molecule has 0 saturated carbocycles. The van der Waals surface area contributed by atoms with Crippen molar-refractivity contribution in [1.29, 1.82) is 0 Å². The molecule has 0 aliphatic heterocycles. The second-order valence-corrected chi connectivity index (χ2v) is 2.95. The van der Waals surface area contributed by atoms with Crippen molar-refractivity contribution in [2.45, 2.75) is 12.7 Å². The first kappa shape index (κ1) is 11.8. The van der Waals surface area contributed by atoms with Gasteiger partial charge in [0.25, 0.3) is 0 Å². The fourth-order valence-corrected chi connectivity index (χ4v) is 0.933. The van der Waals surface area contributed by atoms with Crippen LogP contribution in [0.3, 0.4) is 0 Å². The van der Waals surface area contributed by atoms with Gasteiger partial charge < -0.3 is 10.1 Å². The fourth-order valence-electron chi connectivity index (χ4n) is 0.933. The van der Waals surface area contributed by atoms with Crippen LogP contribution in [0.25, 0.3) is 0 Å². The lowest BCUT2D eigenvalue weighted by atomic mass is 10.6. The van der Waals surface area contributed by atoms with Gasteiger partial charge >= 0.3 is 6.18 Å². The number of alkyl halides is 3. The summed E-state index contributed by atoms with van der Waals surface area (Å²) in [5.41, 5.74) is 0. The standard InChI is InChI=1S/C8H12F3N3O/c1-12-2-3-14-5-7(4-13-14)15-6-8(9,10)11/h4-5,12H,2-3,6H2,1H3. The summed E-state index contributed by atoms with van der Waals surface area (Å²) in [5.74, 6) is 0.128. The van der Waals surface area contributed by atoms with Gasteiger partial charge in [-0.15, -0.1) is 0 Å². The van der Waals surface area contributed by atoms with Crippen molar-refractivity contribution in [3.05, 3.63) is 12.4 Å². The molecule has 1 N–H and O–H groups in total. The Bertz CT molecular complexity index is 298. The maximum absolute atomic E-state index is 11.8. The Kier molecular flexibility index (Phi) is 3.96. The Morgan fingerprint density at radius 1 is 1.53 bits per heavy atom. The van der Waals surface area contributed by atoms with Crippen molar-refractivity contribution >= 4 is 0 Å². The number of ether oxygens (including phenoxy) is 1. The van der Waals surface area contributed by atoms with Crippen molar-refractivity contribution in [3.63, 3.8) is 0 Å². The van der Waals surface area contributed by atoms with E-state index in [1.807, 2.05) is 0 Å². The summed E-state index contributed by atoms with van der Waals surface area (Å²) in [6, 6.07) is 0. The predicted octanol–water partition coefficient (Wildman–Crippen LogP) is 1.04. The van der Waals surface area contributed by atoms with Crippen molar-refractivity contribution in [1.82, 2.24) is 15.1 Å². The maximum Gasteiger partial charge on any atom is 0.422 e. The summed E-state index contributed by atoms with van der Waals surface area (Å²) in [5, 5.41) is 6.74. The Labute approximate surface area is 85.0 Å². The molecule has 0 atom stereocenters. The molecular formula is C8H12F3N3O. The van der Waals surface area contributed by atoms with Gasteiger partial charge in [-0.25, -0.2) is 0 Å². The van der Waals surface area contributed by atoms with Gasteiger partial charge in [0.15, 0.2) is 12.4 Å². The first-order valence-corrected chi connectivity index (χ1v) is 4.38. The van der Waals surface area contributed by atoms with E-state index < -0.39 is 12.8 Å². The summed E-state index contributed by atoms with van der Waals surface area (Å²) in [7, 11) is 1.78. The summed E-state index contributed by atoms with van der Waals surface area (Å²) < 4.78 is 41.4. The lowest BCUT2D eigenvalue weighted by molar-refractivity contribution is -0.153. The van der Waals surface area contributed by atoms with Crippen LogP contribution in [0.1, 0.15) is 0 Å². The quantitative estimate of drug-likeness (QED) is 0.810. The number of hydrogen-bond acceptors (Lipinski definition) is 3. The van der Waals surface area contributed by atoms with Gasteiger partial charge in [0, 0.05) is 6.54 Å². The second-order valence-electron chi connectivity index (χ2n) is 2.95. The van der Waals surface area contributed by atoms with E-state index in [1.54, 1.807) is 7.05 Å². The zero-order valence-electron chi connectivity index (χ0n) is 8.21. The smallest absolute Gasteiger partial charge is 0.422 e. The zero-order valence-corrected chi connectivity index (χ0v) is 8.21. The van der Waals surface area contributed by atoms with Gasteiger partial charge in [-0.1, -0.05) is 0 Å². The average Bonchev–Trinajstić information content (AvgIpc) is 2.58. The Balaban J connectivity index is 2.39. The van der Waals surface area contributed by atoms with Crippen LogP contribution in [0.15, 0.2) is 12.4 Å². The highest BCUT2D eigenvalue weighted by Gasteiger charge is 2.28. The third-order valence-corrected chi connectivity index (χ3v) is 1.60. The number of rotatable bonds is 5. The molecule has 0 unspecified atom stereocenters. The molecule has 1 aromatic heterocycles. The normalized spacial score (nSPS) is 11.7. The third kappa shape index (κ3) is 4.68. The van der Waals surface area contributed by atoms with E-state index in [-0.39, 0.29) is 5.75 Å². The molecule has 1 heterocycles. The lowest BCUT2D eigenvalue weighted by Crippen LogP contribution is -2.19. The third-order valence-electron chi connectivity index (χ3n) is 1.60. The topological polar surface area (TPSA) is 39.1 Å². The summed E-state index contributed by atoms with van der Waals surface area (Å²) in [6.07, 6.45) is -1.61. The molecule has 86 valence electrons. The number of nitrogens with zero attached hydrogens (tertiary/aromatic N) is 2. The van der Waals surface area contributed by atoms with Gasteiger partial charge in [0.05, 0.1) is 18.9 Å². The van der Waals surface area contributed by atoms with E-state index in [9.17, 15) is 13.2 Å². The van der Waals surface area contributed by atoms with Gasteiger partial charge in [0.1, 0.15) is 0 Å². The van der Waals surface area contributed by atoms with E-state index in [4.69, 9.17) is 0 Å². The molecule has 0 saturated heterocycles. The zero-order chi connectivity index (χ0) is 11.3. The van der Waals surface area contributed by atoms with Crippen LogP contribution in [0.2, 0.25) is 0 Å². The minimum Gasteiger partial charge on any atom is -0.481 e. The van der Waals surface area contributed by atoms with Crippen LogP contribution in [0.5, 0.6) is 5.75 Å². The predicted molar refractivity (Wildman–Crippen MR) is 47.7 cm³/mol. The molecule has 0 radical (unpaired) electrons. The number of likely N-dealkylation sites (N-methyl/N-ethyl adjacent to an activating group) is 1. The molecule has 0 aliphatic rings. The summed E-state index contributed by atoms with van der Waals surface area (Å²) in [6.45, 7) is -0.00299. The number of nitrogens with one attached hydrogen (secondary N) is 1. The summed E-state index contributed by atoms with van der Waals surface area (Å²) in [4.78, 5) is 0. The Morgan fingerprint density at radius 3 is 2.87 bits per heavy atom. The molecule has 0 spiro atoms. The number of hydrogen-bond donors (Lipinski definition) is 1. The van der Waals surface area contributed by atoms with Crippen LogP contribution in [-0.2, 0) is 6.54 Å². The van der Waals surface area contributed by atoms with Gasteiger partial charge in [0.2, 0.25) is 0 Å². The van der Waals surface area contributed by atoms with Crippen LogP contribution in [0, 0.1) is 0 Å². The van der Waals surface area contributed by atoms with E-state index in [1.165, 1.54) is 17.1 Å². The second kappa shape index (κ2) is 5.01. The van der Waals surface area contributed by atoms with E-state index in [2.05, 4.69) is 15.2 Å². The minimum absolute atomic E-state index is 0.128. The van der Waals surface area contributed by atoms with Crippen LogP contribution in [0.4, 0.5) is 13.2 Å². The average molecular weight is 223 g/mol. The maximum atomic E-state index is 11.8.